The van der Waals surface area contributed by atoms with E-state index in [0.717, 1.165) is 28.8 Å². The van der Waals surface area contributed by atoms with Crippen LogP contribution in [-0.2, 0) is 17.9 Å². The number of nitrogens with one attached hydrogen (secondary N) is 2. The average Bonchev–Trinajstić information content (AvgIpc) is 3.43. The molecule has 8 nitrogen and oxygen atoms in total. The van der Waals surface area contributed by atoms with Gasteiger partial charge in [0.15, 0.2) is 6.61 Å². The average molecular weight is 537 g/mol. The number of carbonyl (C=O) groups is 1. The lowest BCUT2D eigenvalue weighted by Gasteiger charge is -2.10. The molecular weight excluding hydrogens is 504 g/mol. The van der Waals surface area contributed by atoms with Gasteiger partial charge in [0, 0.05) is 24.5 Å². The molecule has 0 bridgehead atoms. The first-order valence-corrected chi connectivity index (χ1v) is 13.5. The summed E-state index contributed by atoms with van der Waals surface area (Å²) >= 11 is 0. The Balaban J connectivity index is 1.26. The summed E-state index contributed by atoms with van der Waals surface area (Å²) in [7, 11) is 0. The number of nitrogens with zero attached hydrogens (tertiary/aromatic N) is 2. The Morgan fingerprint density at radius 2 is 1.43 bits per heavy atom. The van der Waals surface area contributed by atoms with Crippen LogP contribution in [0.15, 0.2) is 94.5 Å². The molecule has 0 fully saturated rings. The van der Waals surface area contributed by atoms with Crippen molar-refractivity contribution in [1.29, 1.82) is 0 Å². The van der Waals surface area contributed by atoms with Gasteiger partial charge >= 0.3 is 5.69 Å². The van der Waals surface area contributed by atoms with Crippen molar-refractivity contribution in [3.63, 3.8) is 0 Å². The number of aryl methyl sites for hydroxylation is 1. The normalized spacial score (nSPS) is 11.1. The van der Waals surface area contributed by atoms with Gasteiger partial charge in [0.05, 0.1) is 5.52 Å². The molecule has 40 heavy (non-hydrogen) atoms. The maximum Gasteiger partial charge on any atom is 0.331 e. The summed E-state index contributed by atoms with van der Waals surface area (Å²) in [6, 6.07) is 26.8. The summed E-state index contributed by atoms with van der Waals surface area (Å²) in [4.78, 5) is 41.6. The Morgan fingerprint density at radius 1 is 0.800 bits per heavy atom. The van der Waals surface area contributed by atoms with E-state index in [9.17, 15) is 14.4 Å². The SMILES string of the molecule is CCCn1c(=O)c2[nH]c(-c3ccc(OCC(=O)Nc4ccc(-c5ccccc5)cc4)cc3)cc2n(CCC)c1=O. The number of anilines is 1. The topological polar surface area (TPSA) is 98.1 Å². The van der Waals surface area contributed by atoms with Crippen LogP contribution in [0.5, 0.6) is 5.75 Å². The molecule has 0 aliphatic rings. The van der Waals surface area contributed by atoms with Gasteiger partial charge in [-0.25, -0.2) is 4.79 Å². The van der Waals surface area contributed by atoms with Gasteiger partial charge in [0.25, 0.3) is 11.5 Å². The van der Waals surface area contributed by atoms with Gasteiger partial charge in [-0.3, -0.25) is 18.7 Å². The van der Waals surface area contributed by atoms with Gasteiger partial charge in [0.2, 0.25) is 0 Å². The molecule has 0 aliphatic carbocycles. The lowest BCUT2D eigenvalue weighted by atomic mass is 10.1. The smallest absolute Gasteiger partial charge is 0.331 e. The van der Waals surface area contributed by atoms with Crippen molar-refractivity contribution in [3.05, 3.63) is 106 Å². The van der Waals surface area contributed by atoms with E-state index in [0.29, 0.717) is 42.0 Å². The lowest BCUT2D eigenvalue weighted by molar-refractivity contribution is -0.118. The maximum atomic E-state index is 13.0. The standard InChI is InChI=1S/C32H32N4O4/c1-3-18-35-28-20-27(34-30(28)31(38)36(19-4-2)32(35)39)24-12-16-26(17-13-24)40-21-29(37)33-25-14-10-23(11-15-25)22-8-6-5-7-9-22/h5-17,20,34H,3-4,18-19,21H2,1-2H3,(H,33,37). The fourth-order valence-electron chi connectivity index (χ4n) is 4.76. The zero-order valence-corrected chi connectivity index (χ0v) is 22.6. The van der Waals surface area contributed by atoms with Gasteiger partial charge < -0.3 is 15.0 Å². The second-order valence-electron chi connectivity index (χ2n) is 9.64. The zero-order chi connectivity index (χ0) is 28.1. The Kier molecular flexibility index (Phi) is 7.96. The van der Waals surface area contributed by atoms with E-state index in [2.05, 4.69) is 10.3 Å². The molecule has 204 valence electrons. The first-order chi connectivity index (χ1) is 19.5. The number of aromatic amines is 1. The monoisotopic (exact) mass is 536 g/mol. The number of benzene rings is 3. The van der Waals surface area contributed by atoms with E-state index >= 15 is 0 Å². The minimum absolute atomic E-state index is 0.133. The van der Waals surface area contributed by atoms with Crippen molar-refractivity contribution in [2.75, 3.05) is 11.9 Å². The largest absolute Gasteiger partial charge is 0.484 e. The molecule has 0 saturated carbocycles. The molecule has 0 radical (unpaired) electrons. The molecule has 2 aromatic heterocycles. The summed E-state index contributed by atoms with van der Waals surface area (Å²) in [5, 5.41) is 2.85. The second-order valence-corrected chi connectivity index (χ2v) is 9.64. The Hall–Kier alpha value is -4.85. The number of fused-ring (bicyclic) bond motifs is 1. The molecule has 0 unspecified atom stereocenters. The Labute approximate surface area is 231 Å². The molecule has 0 aliphatic heterocycles. The third-order valence-corrected chi connectivity index (χ3v) is 6.71. The van der Waals surface area contributed by atoms with Crippen molar-refractivity contribution in [1.82, 2.24) is 14.1 Å². The van der Waals surface area contributed by atoms with Crippen LogP contribution in [0.2, 0.25) is 0 Å². The highest BCUT2D eigenvalue weighted by Crippen LogP contribution is 2.25. The summed E-state index contributed by atoms with van der Waals surface area (Å²) in [6.45, 7) is 4.72. The van der Waals surface area contributed by atoms with Crippen LogP contribution in [-0.4, -0.2) is 26.6 Å². The maximum absolute atomic E-state index is 13.0. The van der Waals surface area contributed by atoms with E-state index in [1.54, 1.807) is 16.7 Å². The molecular formula is C32H32N4O4. The van der Waals surface area contributed by atoms with E-state index in [-0.39, 0.29) is 23.8 Å². The molecule has 5 rings (SSSR count). The summed E-state index contributed by atoms with van der Waals surface area (Å²) in [6.07, 6.45) is 1.47. The number of ether oxygens (including phenoxy) is 1. The van der Waals surface area contributed by atoms with Crippen LogP contribution >= 0.6 is 0 Å². The first-order valence-electron chi connectivity index (χ1n) is 13.5. The highest BCUT2D eigenvalue weighted by atomic mass is 16.5. The van der Waals surface area contributed by atoms with Crippen LogP contribution in [0.1, 0.15) is 26.7 Å². The van der Waals surface area contributed by atoms with Crippen LogP contribution in [0, 0.1) is 0 Å². The van der Waals surface area contributed by atoms with Crippen molar-refractivity contribution in [3.8, 4) is 28.1 Å². The molecule has 5 aromatic rings. The van der Waals surface area contributed by atoms with Gasteiger partial charge in [-0.05, 0) is 72.0 Å². The number of amides is 1. The molecule has 0 saturated heterocycles. The highest BCUT2D eigenvalue weighted by Gasteiger charge is 2.16. The molecule has 8 heteroatoms. The van der Waals surface area contributed by atoms with Crippen LogP contribution in [0.4, 0.5) is 5.69 Å². The third-order valence-electron chi connectivity index (χ3n) is 6.71. The van der Waals surface area contributed by atoms with E-state index in [1.165, 1.54) is 4.57 Å². The Bertz CT molecular complexity index is 1730. The van der Waals surface area contributed by atoms with Crippen molar-refractivity contribution < 1.29 is 9.53 Å². The Morgan fingerprint density at radius 3 is 2.10 bits per heavy atom. The summed E-state index contributed by atoms with van der Waals surface area (Å²) in [5.74, 6) is 0.284. The van der Waals surface area contributed by atoms with E-state index in [4.69, 9.17) is 4.74 Å². The van der Waals surface area contributed by atoms with Gasteiger partial charge in [-0.1, -0.05) is 56.3 Å². The highest BCUT2D eigenvalue weighted by molar-refractivity contribution is 5.92. The fraction of sp³-hybridized carbons (Fsp3) is 0.219. The molecule has 3 aromatic carbocycles. The minimum atomic E-state index is -0.305. The minimum Gasteiger partial charge on any atom is -0.484 e. The summed E-state index contributed by atoms with van der Waals surface area (Å²) in [5.41, 5.74) is 4.90. The van der Waals surface area contributed by atoms with Gasteiger partial charge in [0.1, 0.15) is 11.3 Å². The van der Waals surface area contributed by atoms with Gasteiger partial charge in [-0.15, -0.1) is 0 Å². The van der Waals surface area contributed by atoms with E-state index in [1.807, 2.05) is 86.6 Å². The van der Waals surface area contributed by atoms with Crippen molar-refractivity contribution >= 4 is 22.6 Å². The van der Waals surface area contributed by atoms with Crippen molar-refractivity contribution in [2.45, 2.75) is 39.8 Å². The number of hydrogen-bond donors (Lipinski definition) is 2. The molecule has 0 spiro atoms. The van der Waals surface area contributed by atoms with Crippen LogP contribution in [0.25, 0.3) is 33.4 Å². The predicted octanol–water partition coefficient (Wildman–Crippen LogP) is 5.66. The lowest BCUT2D eigenvalue weighted by Crippen LogP contribution is -2.39. The first kappa shape index (κ1) is 26.7. The van der Waals surface area contributed by atoms with Crippen molar-refractivity contribution in [2.24, 2.45) is 0 Å². The predicted molar refractivity (Wildman–Crippen MR) is 159 cm³/mol. The second kappa shape index (κ2) is 11.9. The molecule has 0 atom stereocenters. The number of carbonyl (C=O) groups excluding carboxylic acids is 1. The quantitative estimate of drug-likeness (QED) is 0.241. The molecule has 1 amide bonds. The fourth-order valence-corrected chi connectivity index (χ4v) is 4.76. The number of hydrogen-bond acceptors (Lipinski definition) is 4. The van der Waals surface area contributed by atoms with Gasteiger partial charge in [-0.2, -0.15) is 0 Å². The number of H-pyrrole nitrogens is 1. The zero-order valence-electron chi connectivity index (χ0n) is 22.6. The van der Waals surface area contributed by atoms with Crippen LogP contribution in [0.3, 0.4) is 0 Å². The third kappa shape index (κ3) is 5.61. The summed E-state index contributed by atoms with van der Waals surface area (Å²) < 4.78 is 8.66. The molecule has 2 N–H and O–H groups in total. The number of aromatic nitrogens is 3. The van der Waals surface area contributed by atoms with Crippen LogP contribution < -0.4 is 21.3 Å². The molecule has 2 heterocycles. The number of rotatable bonds is 10. The van der Waals surface area contributed by atoms with E-state index < -0.39 is 0 Å².